The third kappa shape index (κ3) is 7.44. The van der Waals surface area contributed by atoms with Crippen LogP contribution in [0.1, 0.15) is 36.8 Å². The highest BCUT2D eigenvalue weighted by Gasteiger charge is 2.38. The number of hydrogen-bond acceptors (Lipinski definition) is 8. The van der Waals surface area contributed by atoms with Gasteiger partial charge in [-0.25, -0.2) is 4.98 Å². The molecule has 6 rings (SSSR count). The summed E-state index contributed by atoms with van der Waals surface area (Å²) in [5, 5.41) is 14.5. The highest BCUT2D eigenvalue weighted by Crippen LogP contribution is 2.38. The normalized spacial score (nSPS) is 19.1. The molecule has 3 heterocycles. The van der Waals surface area contributed by atoms with Gasteiger partial charge in [0.2, 0.25) is 0 Å². The molecule has 47 heavy (non-hydrogen) atoms. The number of anilines is 3. The van der Waals surface area contributed by atoms with E-state index in [4.69, 9.17) is 4.74 Å². The van der Waals surface area contributed by atoms with Crippen LogP contribution in [0, 0.1) is 10.1 Å². The minimum atomic E-state index is -4.84. The van der Waals surface area contributed by atoms with Crippen LogP contribution in [0.2, 0.25) is 0 Å². The molecule has 1 N–H and O–H groups in total. The number of nitrogens with one attached hydrogen (secondary N) is 1. The van der Waals surface area contributed by atoms with Crippen LogP contribution < -0.4 is 19.9 Å². The van der Waals surface area contributed by atoms with E-state index < -0.39 is 34.1 Å². The smallest absolute Gasteiger partial charge is 0.423 e. The molecule has 9 nitrogen and oxygen atoms in total. The summed E-state index contributed by atoms with van der Waals surface area (Å²) in [5.41, 5.74) is -1.40. The van der Waals surface area contributed by atoms with Crippen molar-refractivity contribution in [1.29, 1.82) is 0 Å². The number of fused-ring (bicyclic) bond motifs is 1. The van der Waals surface area contributed by atoms with Crippen molar-refractivity contribution in [2.75, 3.05) is 41.3 Å². The lowest BCUT2D eigenvalue weighted by atomic mass is 9.92. The maximum absolute atomic E-state index is 13.4. The maximum atomic E-state index is 13.4. The van der Waals surface area contributed by atoms with Gasteiger partial charge in [-0.1, -0.05) is 0 Å². The Hall–Kier alpha value is -4.82. The van der Waals surface area contributed by atoms with Crippen molar-refractivity contribution in [3.05, 3.63) is 88.2 Å². The maximum Gasteiger partial charge on any atom is 0.423 e. The number of aromatic nitrogens is 2. The quantitative estimate of drug-likeness (QED) is 0.122. The number of alkyl halides is 6. The summed E-state index contributed by atoms with van der Waals surface area (Å²) in [7, 11) is 0. The van der Waals surface area contributed by atoms with Gasteiger partial charge in [-0.05, 0) is 68.1 Å². The summed E-state index contributed by atoms with van der Waals surface area (Å²) >= 11 is 0. The van der Waals surface area contributed by atoms with Gasteiger partial charge >= 0.3 is 12.4 Å². The molecule has 1 saturated carbocycles. The zero-order chi connectivity index (χ0) is 33.3. The number of nitro groups is 1. The Balaban J connectivity index is 1.01. The number of piperazine rings is 1. The van der Waals surface area contributed by atoms with Gasteiger partial charge in [0.1, 0.15) is 17.1 Å². The molecule has 2 aromatic carbocycles. The van der Waals surface area contributed by atoms with E-state index in [0.29, 0.717) is 74.3 Å². The molecule has 0 amide bonds. The predicted molar refractivity (Wildman–Crippen MR) is 164 cm³/mol. The minimum absolute atomic E-state index is 0.101. The Morgan fingerprint density at radius 1 is 0.830 bits per heavy atom. The highest BCUT2D eigenvalue weighted by molar-refractivity contribution is 5.81. The lowest BCUT2D eigenvalue weighted by molar-refractivity contribution is -0.388. The summed E-state index contributed by atoms with van der Waals surface area (Å²) in [6.45, 7) is 2.65. The zero-order valence-electron chi connectivity index (χ0n) is 24.9. The molecular formula is C32H30F6N6O3. The first-order valence-corrected chi connectivity index (χ1v) is 15.1. The van der Waals surface area contributed by atoms with Crippen LogP contribution in [0.15, 0.2) is 67.0 Å². The van der Waals surface area contributed by atoms with Crippen LogP contribution in [0.5, 0.6) is 5.75 Å². The first-order chi connectivity index (χ1) is 22.3. The van der Waals surface area contributed by atoms with Crippen molar-refractivity contribution >= 4 is 33.8 Å². The number of benzene rings is 2. The van der Waals surface area contributed by atoms with Gasteiger partial charge in [0, 0.05) is 55.4 Å². The molecule has 2 aromatic heterocycles. The zero-order valence-corrected chi connectivity index (χ0v) is 24.9. The summed E-state index contributed by atoms with van der Waals surface area (Å²) in [6.07, 6.45) is -3.34. The van der Waals surface area contributed by atoms with Crippen LogP contribution in [-0.2, 0) is 12.4 Å². The van der Waals surface area contributed by atoms with Gasteiger partial charge < -0.3 is 19.9 Å². The van der Waals surface area contributed by atoms with Crippen molar-refractivity contribution in [3.63, 3.8) is 0 Å². The second-order valence-electron chi connectivity index (χ2n) is 11.7. The monoisotopic (exact) mass is 660 g/mol. The number of pyridine rings is 2. The Labute approximate surface area is 265 Å². The lowest BCUT2D eigenvalue weighted by Crippen LogP contribution is -2.46. The minimum Gasteiger partial charge on any atom is -0.489 e. The lowest BCUT2D eigenvalue weighted by Gasteiger charge is -2.37. The topological polar surface area (TPSA) is 96.7 Å². The van der Waals surface area contributed by atoms with Crippen molar-refractivity contribution in [2.24, 2.45) is 0 Å². The predicted octanol–water partition coefficient (Wildman–Crippen LogP) is 7.70. The Kier molecular flexibility index (Phi) is 8.72. The van der Waals surface area contributed by atoms with E-state index >= 15 is 0 Å². The van der Waals surface area contributed by atoms with Crippen LogP contribution in [0.25, 0.3) is 10.9 Å². The number of hydrogen-bond donors (Lipinski definition) is 1. The average molecular weight is 661 g/mol. The summed E-state index contributed by atoms with van der Waals surface area (Å²) in [4.78, 5) is 23.2. The largest absolute Gasteiger partial charge is 0.489 e. The van der Waals surface area contributed by atoms with Gasteiger partial charge in [-0.3, -0.25) is 15.1 Å². The first kappa shape index (κ1) is 32.1. The van der Waals surface area contributed by atoms with Gasteiger partial charge in [0.15, 0.2) is 0 Å². The molecule has 0 radical (unpaired) electrons. The molecule has 4 aromatic rings. The second kappa shape index (κ2) is 12.8. The number of halogens is 6. The van der Waals surface area contributed by atoms with Gasteiger partial charge in [0.05, 0.1) is 40.2 Å². The van der Waals surface area contributed by atoms with Crippen molar-refractivity contribution in [3.8, 4) is 5.75 Å². The molecule has 0 spiro atoms. The fourth-order valence-corrected chi connectivity index (χ4v) is 6.07. The van der Waals surface area contributed by atoms with Crippen LogP contribution in [-0.4, -0.2) is 53.2 Å². The Bertz CT molecular complexity index is 1750. The van der Waals surface area contributed by atoms with Crippen LogP contribution in [0.3, 0.4) is 0 Å². The fourth-order valence-electron chi connectivity index (χ4n) is 6.07. The Morgan fingerprint density at radius 2 is 1.55 bits per heavy atom. The molecule has 1 aliphatic heterocycles. The van der Waals surface area contributed by atoms with E-state index in [1.54, 1.807) is 24.5 Å². The van der Waals surface area contributed by atoms with E-state index in [-0.39, 0.29) is 17.8 Å². The molecule has 1 saturated heterocycles. The molecular weight excluding hydrogens is 630 g/mol. The second-order valence-corrected chi connectivity index (χ2v) is 11.7. The fraction of sp³-hybridized carbons (Fsp3) is 0.375. The molecule has 0 unspecified atom stereocenters. The first-order valence-electron chi connectivity index (χ1n) is 15.1. The van der Waals surface area contributed by atoms with Crippen LogP contribution in [0.4, 0.5) is 49.2 Å². The number of nitrogens with zero attached hydrogens (tertiary/aromatic N) is 5. The number of rotatable bonds is 7. The molecule has 0 atom stereocenters. The van der Waals surface area contributed by atoms with Crippen molar-refractivity contribution in [2.45, 2.75) is 50.2 Å². The summed E-state index contributed by atoms with van der Waals surface area (Å²) < 4.78 is 85.5. The van der Waals surface area contributed by atoms with Gasteiger partial charge in [-0.15, -0.1) is 0 Å². The van der Waals surface area contributed by atoms with Gasteiger partial charge in [0.25, 0.3) is 5.69 Å². The van der Waals surface area contributed by atoms with E-state index in [2.05, 4.69) is 25.1 Å². The molecule has 0 bridgehead atoms. The molecule has 15 heteroatoms. The SMILES string of the molecule is O=[N+]([O-])c1ccc(NC2CCC(Oc3cncc(N4CCN(c5ccc6cc(C(F)(F)F)ccc6n5)CC4)c3)CC2)cc1C(F)(F)F. The van der Waals surface area contributed by atoms with E-state index in [1.807, 2.05) is 6.07 Å². The molecule has 2 aliphatic rings. The van der Waals surface area contributed by atoms with Crippen molar-refractivity contribution < 1.29 is 36.0 Å². The number of ether oxygens (including phenoxy) is 1. The molecule has 2 fully saturated rings. The average Bonchev–Trinajstić information content (AvgIpc) is 3.04. The van der Waals surface area contributed by atoms with Crippen molar-refractivity contribution in [1.82, 2.24) is 9.97 Å². The number of nitro benzene ring substituents is 1. The highest BCUT2D eigenvalue weighted by atomic mass is 19.4. The van der Waals surface area contributed by atoms with E-state index in [1.165, 1.54) is 12.1 Å². The third-order valence-corrected chi connectivity index (χ3v) is 8.52. The third-order valence-electron chi connectivity index (χ3n) is 8.52. The van der Waals surface area contributed by atoms with Gasteiger partial charge in [-0.2, -0.15) is 26.3 Å². The van der Waals surface area contributed by atoms with E-state index in [9.17, 15) is 36.5 Å². The molecule has 248 valence electrons. The molecule has 1 aliphatic carbocycles. The standard InChI is InChI=1S/C32H30F6N6O3/c33-31(34,35)21-2-8-28-20(15-21)1-10-30(41-28)43-13-11-42(12-14-43)24-17-26(19-39-18-24)47-25-6-3-22(4-7-25)40-23-5-9-29(44(45)46)27(16-23)32(36,37)38/h1-2,5,8-10,15-19,22,25,40H,3-4,6-7,11-14H2. The summed E-state index contributed by atoms with van der Waals surface area (Å²) in [6, 6.07) is 11.7. The van der Waals surface area contributed by atoms with Crippen LogP contribution >= 0.6 is 0 Å². The van der Waals surface area contributed by atoms with E-state index in [0.717, 1.165) is 30.0 Å². The summed E-state index contributed by atoms with van der Waals surface area (Å²) in [5.74, 6) is 1.31. The Morgan fingerprint density at radius 3 is 2.23 bits per heavy atom.